The molecule has 2 heteroatoms. The van der Waals surface area contributed by atoms with Crippen molar-refractivity contribution in [2.75, 3.05) is 19.7 Å². The fourth-order valence-electron chi connectivity index (χ4n) is 2.18. The van der Waals surface area contributed by atoms with Gasteiger partial charge in [0.15, 0.2) is 0 Å². The molecule has 2 aromatic carbocycles. The summed E-state index contributed by atoms with van der Waals surface area (Å²) >= 11 is 0. The van der Waals surface area contributed by atoms with Crippen molar-refractivity contribution in [3.63, 3.8) is 0 Å². The van der Waals surface area contributed by atoms with Gasteiger partial charge in [0, 0.05) is 13.1 Å². The molecule has 2 aromatic rings. The average molecular weight is 255 g/mol. The van der Waals surface area contributed by atoms with E-state index in [2.05, 4.69) is 60.4 Å². The summed E-state index contributed by atoms with van der Waals surface area (Å²) in [6, 6.07) is 19.1. The zero-order valence-corrected chi connectivity index (χ0v) is 11.4. The summed E-state index contributed by atoms with van der Waals surface area (Å²) in [6.45, 7) is 4.92. The van der Waals surface area contributed by atoms with Crippen molar-refractivity contribution in [1.29, 1.82) is 0 Å². The number of hydrogen-bond acceptors (Lipinski definition) is 2. The lowest BCUT2D eigenvalue weighted by molar-refractivity contribution is 0.197. The van der Waals surface area contributed by atoms with E-state index in [0.29, 0.717) is 0 Å². The lowest BCUT2D eigenvalue weighted by Gasteiger charge is -2.19. The molecular formula is C17H21NO. The molecule has 0 aliphatic heterocycles. The van der Waals surface area contributed by atoms with Gasteiger partial charge in [-0.1, -0.05) is 61.5 Å². The van der Waals surface area contributed by atoms with Crippen LogP contribution in [0.15, 0.2) is 54.6 Å². The molecule has 1 N–H and O–H groups in total. The van der Waals surface area contributed by atoms with Crippen molar-refractivity contribution in [2.45, 2.75) is 13.5 Å². The molecule has 100 valence electrons. The summed E-state index contributed by atoms with van der Waals surface area (Å²) in [5.41, 5.74) is 3.78. The number of rotatable bonds is 6. The summed E-state index contributed by atoms with van der Waals surface area (Å²) in [5.74, 6) is 0. The van der Waals surface area contributed by atoms with Gasteiger partial charge in [-0.15, -0.1) is 0 Å². The smallest absolute Gasteiger partial charge is 0.0558 e. The molecule has 0 aliphatic carbocycles. The summed E-state index contributed by atoms with van der Waals surface area (Å²) in [5, 5.41) is 9.00. The summed E-state index contributed by atoms with van der Waals surface area (Å²) in [4.78, 5) is 2.23. The van der Waals surface area contributed by atoms with Crippen LogP contribution in [0.4, 0.5) is 0 Å². The van der Waals surface area contributed by atoms with Crippen molar-refractivity contribution in [3.8, 4) is 11.1 Å². The maximum absolute atomic E-state index is 9.00. The van der Waals surface area contributed by atoms with Crippen molar-refractivity contribution in [2.24, 2.45) is 0 Å². The first-order valence-electron chi connectivity index (χ1n) is 6.81. The van der Waals surface area contributed by atoms with E-state index in [1.165, 1.54) is 16.7 Å². The molecule has 0 saturated heterocycles. The maximum Gasteiger partial charge on any atom is 0.0558 e. The SMILES string of the molecule is CCN(CCO)Cc1ccc(-c2ccccc2)cc1. The molecule has 19 heavy (non-hydrogen) atoms. The van der Waals surface area contributed by atoms with E-state index in [9.17, 15) is 0 Å². The quantitative estimate of drug-likeness (QED) is 0.857. The molecule has 0 fully saturated rings. The van der Waals surface area contributed by atoms with Crippen LogP contribution >= 0.6 is 0 Å². The zero-order chi connectivity index (χ0) is 13.5. The third-order valence-corrected chi connectivity index (χ3v) is 3.33. The molecular weight excluding hydrogens is 234 g/mol. The van der Waals surface area contributed by atoms with Gasteiger partial charge in [0.2, 0.25) is 0 Å². The first kappa shape index (κ1) is 13.8. The maximum atomic E-state index is 9.00. The second kappa shape index (κ2) is 7.07. The number of aliphatic hydroxyl groups is 1. The first-order chi connectivity index (χ1) is 9.33. The highest BCUT2D eigenvalue weighted by Crippen LogP contribution is 2.19. The molecule has 0 bridgehead atoms. The molecule has 0 spiro atoms. The van der Waals surface area contributed by atoms with Crippen molar-refractivity contribution in [1.82, 2.24) is 4.90 Å². The minimum absolute atomic E-state index is 0.218. The molecule has 2 nitrogen and oxygen atoms in total. The van der Waals surface area contributed by atoms with Crippen LogP contribution in [0.5, 0.6) is 0 Å². The second-order valence-corrected chi connectivity index (χ2v) is 4.66. The van der Waals surface area contributed by atoms with Gasteiger partial charge in [-0.2, -0.15) is 0 Å². The van der Waals surface area contributed by atoms with Crippen LogP contribution in [0.25, 0.3) is 11.1 Å². The molecule has 0 aromatic heterocycles. The van der Waals surface area contributed by atoms with Crippen LogP contribution < -0.4 is 0 Å². The number of hydrogen-bond donors (Lipinski definition) is 1. The Hall–Kier alpha value is -1.64. The van der Waals surface area contributed by atoms with Crippen molar-refractivity contribution >= 4 is 0 Å². The van der Waals surface area contributed by atoms with Gasteiger partial charge >= 0.3 is 0 Å². The predicted molar refractivity (Wildman–Crippen MR) is 79.9 cm³/mol. The number of likely N-dealkylation sites (N-methyl/N-ethyl adjacent to an activating group) is 1. The third-order valence-electron chi connectivity index (χ3n) is 3.33. The van der Waals surface area contributed by atoms with Gasteiger partial charge in [0.05, 0.1) is 6.61 Å². The van der Waals surface area contributed by atoms with Gasteiger partial charge in [-0.05, 0) is 23.2 Å². The largest absolute Gasteiger partial charge is 0.395 e. The fourth-order valence-corrected chi connectivity index (χ4v) is 2.18. The molecule has 0 atom stereocenters. The normalized spacial score (nSPS) is 10.9. The topological polar surface area (TPSA) is 23.5 Å². The Morgan fingerprint density at radius 3 is 2.11 bits per heavy atom. The molecule has 0 heterocycles. The highest BCUT2D eigenvalue weighted by molar-refractivity contribution is 5.63. The summed E-state index contributed by atoms with van der Waals surface area (Å²) in [7, 11) is 0. The number of nitrogens with zero attached hydrogens (tertiary/aromatic N) is 1. The highest BCUT2D eigenvalue weighted by Gasteiger charge is 2.03. The van der Waals surface area contributed by atoms with Crippen LogP contribution in [0, 0.1) is 0 Å². The van der Waals surface area contributed by atoms with E-state index in [1.54, 1.807) is 0 Å². The third kappa shape index (κ3) is 3.91. The van der Waals surface area contributed by atoms with Gasteiger partial charge in [-0.25, -0.2) is 0 Å². The van der Waals surface area contributed by atoms with E-state index >= 15 is 0 Å². The van der Waals surface area contributed by atoms with Crippen molar-refractivity contribution in [3.05, 3.63) is 60.2 Å². The first-order valence-corrected chi connectivity index (χ1v) is 6.81. The van der Waals surface area contributed by atoms with Gasteiger partial charge in [0.1, 0.15) is 0 Å². The number of aliphatic hydroxyl groups excluding tert-OH is 1. The van der Waals surface area contributed by atoms with Gasteiger partial charge in [0.25, 0.3) is 0 Å². The molecule has 0 radical (unpaired) electrons. The summed E-state index contributed by atoms with van der Waals surface area (Å²) < 4.78 is 0. The van der Waals surface area contributed by atoms with E-state index in [-0.39, 0.29) is 6.61 Å². The average Bonchev–Trinajstić information content (AvgIpc) is 2.48. The fraction of sp³-hybridized carbons (Fsp3) is 0.294. The minimum Gasteiger partial charge on any atom is -0.395 e. The molecule has 0 saturated carbocycles. The molecule has 0 aliphatic rings. The number of benzene rings is 2. The lowest BCUT2D eigenvalue weighted by Crippen LogP contribution is -2.25. The second-order valence-electron chi connectivity index (χ2n) is 4.66. The van der Waals surface area contributed by atoms with Crippen LogP contribution in [-0.4, -0.2) is 29.7 Å². The zero-order valence-electron chi connectivity index (χ0n) is 11.4. The standard InChI is InChI=1S/C17H21NO/c1-2-18(12-13-19)14-15-8-10-17(11-9-15)16-6-4-3-5-7-16/h3-11,19H,2,12-14H2,1H3. The van der Waals surface area contributed by atoms with Crippen molar-refractivity contribution < 1.29 is 5.11 Å². The summed E-state index contributed by atoms with van der Waals surface area (Å²) in [6.07, 6.45) is 0. The van der Waals surface area contributed by atoms with E-state index in [0.717, 1.165) is 19.6 Å². The van der Waals surface area contributed by atoms with Crippen LogP contribution in [-0.2, 0) is 6.54 Å². The monoisotopic (exact) mass is 255 g/mol. The van der Waals surface area contributed by atoms with E-state index in [4.69, 9.17) is 5.11 Å². The Labute approximate surface area is 115 Å². The highest BCUT2D eigenvalue weighted by atomic mass is 16.3. The minimum atomic E-state index is 0.218. The van der Waals surface area contributed by atoms with Gasteiger partial charge in [-0.3, -0.25) is 4.90 Å². The Morgan fingerprint density at radius 2 is 1.53 bits per heavy atom. The Morgan fingerprint density at radius 1 is 0.895 bits per heavy atom. The molecule has 2 rings (SSSR count). The molecule has 0 amide bonds. The van der Waals surface area contributed by atoms with Crippen LogP contribution in [0.1, 0.15) is 12.5 Å². The van der Waals surface area contributed by atoms with Gasteiger partial charge < -0.3 is 5.11 Å². The Balaban J connectivity index is 2.06. The predicted octanol–water partition coefficient (Wildman–Crippen LogP) is 3.17. The van der Waals surface area contributed by atoms with Crippen LogP contribution in [0.2, 0.25) is 0 Å². The van der Waals surface area contributed by atoms with E-state index in [1.807, 2.05) is 6.07 Å². The van der Waals surface area contributed by atoms with E-state index < -0.39 is 0 Å². The lowest BCUT2D eigenvalue weighted by atomic mass is 10.0. The Kier molecular flexibility index (Phi) is 5.13. The van der Waals surface area contributed by atoms with Crippen LogP contribution in [0.3, 0.4) is 0 Å². The Bertz CT molecular complexity index is 478. The molecule has 0 unspecified atom stereocenters.